The summed E-state index contributed by atoms with van der Waals surface area (Å²) in [6.45, 7) is 10.6. The molecule has 1 amide bonds. The summed E-state index contributed by atoms with van der Waals surface area (Å²) in [5.41, 5.74) is -0.546. The summed E-state index contributed by atoms with van der Waals surface area (Å²) in [6.07, 6.45) is 0.611. The Morgan fingerprint density at radius 1 is 1.37 bits per heavy atom. The Morgan fingerprint density at radius 2 is 1.95 bits per heavy atom. The van der Waals surface area contributed by atoms with Gasteiger partial charge in [0.1, 0.15) is 0 Å². The lowest BCUT2D eigenvalue weighted by Crippen LogP contribution is -2.54. The van der Waals surface area contributed by atoms with Crippen LogP contribution in [0.1, 0.15) is 47.5 Å². The third-order valence-corrected chi connectivity index (χ3v) is 3.38. The number of carbonyl (C=O) groups is 2. The van der Waals surface area contributed by atoms with Crippen LogP contribution in [0.15, 0.2) is 0 Å². The van der Waals surface area contributed by atoms with Gasteiger partial charge in [0.25, 0.3) is 0 Å². The van der Waals surface area contributed by atoms with Gasteiger partial charge in [0, 0.05) is 12.1 Å². The number of ether oxygens (including phenoxy) is 1. The van der Waals surface area contributed by atoms with Crippen LogP contribution in [-0.4, -0.2) is 40.8 Å². The Labute approximate surface area is 114 Å². The van der Waals surface area contributed by atoms with Crippen molar-refractivity contribution < 1.29 is 19.4 Å². The first-order chi connectivity index (χ1) is 8.53. The van der Waals surface area contributed by atoms with E-state index >= 15 is 0 Å². The third-order valence-electron chi connectivity index (χ3n) is 3.38. The van der Waals surface area contributed by atoms with Gasteiger partial charge in [-0.3, -0.25) is 4.79 Å². The zero-order valence-corrected chi connectivity index (χ0v) is 12.5. The van der Waals surface area contributed by atoms with E-state index in [-0.39, 0.29) is 17.4 Å². The van der Waals surface area contributed by atoms with Crippen molar-refractivity contribution in [2.24, 2.45) is 11.3 Å². The molecular formula is C14H25NO4. The first kappa shape index (κ1) is 15.8. The molecule has 1 heterocycles. The van der Waals surface area contributed by atoms with E-state index in [9.17, 15) is 9.59 Å². The minimum atomic E-state index is -0.782. The van der Waals surface area contributed by atoms with Gasteiger partial charge >= 0.3 is 12.1 Å². The molecule has 110 valence electrons. The molecule has 1 unspecified atom stereocenters. The smallest absolute Gasteiger partial charge is 0.410 e. The second-order valence-electron chi connectivity index (χ2n) is 7.11. The highest BCUT2D eigenvalue weighted by atomic mass is 16.6. The number of nitrogens with zero attached hydrogens (tertiary/aromatic N) is 1. The Balaban J connectivity index is 2.64. The molecule has 5 heteroatoms. The molecule has 0 aromatic carbocycles. The molecule has 1 saturated heterocycles. The molecule has 1 atom stereocenters. The van der Waals surface area contributed by atoms with Crippen LogP contribution < -0.4 is 0 Å². The zero-order chi connectivity index (χ0) is 14.8. The van der Waals surface area contributed by atoms with Gasteiger partial charge in [0.2, 0.25) is 0 Å². The van der Waals surface area contributed by atoms with Crippen LogP contribution in [0.25, 0.3) is 0 Å². The maximum atomic E-state index is 12.1. The van der Waals surface area contributed by atoms with Crippen molar-refractivity contribution in [3.63, 3.8) is 0 Å². The Morgan fingerprint density at radius 3 is 2.37 bits per heavy atom. The Bertz CT molecular complexity index is 357. The molecule has 5 nitrogen and oxygen atoms in total. The van der Waals surface area contributed by atoms with E-state index in [1.807, 2.05) is 34.6 Å². The number of rotatable bonds is 2. The van der Waals surface area contributed by atoms with Crippen molar-refractivity contribution >= 4 is 12.1 Å². The second-order valence-corrected chi connectivity index (χ2v) is 7.11. The SMILES string of the molecule is CC(C)(C)COC(=O)N1CCC(C(=O)O)CC1(C)C. The van der Waals surface area contributed by atoms with Gasteiger partial charge < -0.3 is 14.7 Å². The fourth-order valence-electron chi connectivity index (χ4n) is 2.31. The first-order valence-corrected chi connectivity index (χ1v) is 6.70. The molecule has 0 radical (unpaired) electrons. The van der Waals surface area contributed by atoms with Crippen LogP contribution >= 0.6 is 0 Å². The maximum Gasteiger partial charge on any atom is 0.410 e. The summed E-state index contributed by atoms with van der Waals surface area (Å²) in [5.74, 6) is -1.16. The number of likely N-dealkylation sites (tertiary alicyclic amines) is 1. The van der Waals surface area contributed by atoms with E-state index in [1.165, 1.54) is 0 Å². The summed E-state index contributed by atoms with van der Waals surface area (Å²) in [4.78, 5) is 24.8. The van der Waals surface area contributed by atoms with Gasteiger partial charge in [0.05, 0.1) is 12.5 Å². The van der Waals surface area contributed by atoms with Gasteiger partial charge in [0.15, 0.2) is 0 Å². The van der Waals surface area contributed by atoms with E-state index in [2.05, 4.69) is 0 Å². The Kier molecular flexibility index (Phi) is 4.48. The second kappa shape index (κ2) is 5.39. The average Bonchev–Trinajstić information content (AvgIpc) is 2.23. The summed E-state index contributed by atoms with van der Waals surface area (Å²) < 4.78 is 5.32. The van der Waals surface area contributed by atoms with E-state index in [0.29, 0.717) is 26.0 Å². The molecule has 1 rings (SSSR count). The lowest BCUT2D eigenvalue weighted by molar-refractivity contribution is -0.145. The van der Waals surface area contributed by atoms with E-state index in [4.69, 9.17) is 9.84 Å². The molecule has 0 bridgehead atoms. The average molecular weight is 271 g/mol. The maximum absolute atomic E-state index is 12.1. The zero-order valence-electron chi connectivity index (χ0n) is 12.5. The lowest BCUT2D eigenvalue weighted by Gasteiger charge is -2.43. The van der Waals surface area contributed by atoms with E-state index in [1.54, 1.807) is 4.90 Å². The Hall–Kier alpha value is -1.26. The van der Waals surface area contributed by atoms with Crippen molar-refractivity contribution in [3.8, 4) is 0 Å². The van der Waals surface area contributed by atoms with Gasteiger partial charge in [-0.1, -0.05) is 20.8 Å². The molecule has 1 aliphatic rings. The molecule has 0 aromatic rings. The number of hydrogen-bond donors (Lipinski definition) is 1. The van der Waals surface area contributed by atoms with Gasteiger partial charge in [-0.05, 0) is 32.1 Å². The summed E-state index contributed by atoms with van der Waals surface area (Å²) in [5, 5.41) is 9.07. The van der Waals surface area contributed by atoms with Gasteiger partial charge in [-0.25, -0.2) is 4.79 Å². The standard InChI is InChI=1S/C14H25NO4/c1-13(2,3)9-19-12(18)15-7-6-10(11(16)17)8-14(15,4)5/h10H,6-9H2,1-5H3,(H,16,17). The predicted octanol–water partition coefficient (Wildman–Crippen LogP) is 2.74. The fourth-order valence-corrected chi connectivity index (χ4v) is 2.31. The van der Waals surface area contributed by atoms with Crippen molar-refractivity contribution in [3.05, 3.63) is 0 Å². The van der Waals surface area contributed by atoms with Crippen molar-refractivity contribution in [1.29, 1.82) is 0 Å². The highest BCUT2D eigenvalue weighted by Gasteiger charge is 2.41. The molecule has 0 aliphatic carbocycles. The van der Waals surface area contributed by atoms with Crippen LogP contribution in [0.5, 0.6) is 0 Å². The first-order valence-electron chi connectivity index (χ1n) is 6.70. The number of carboxylic acids is 1. The number of aliphatic carboxylic acids is 1. The highest BCUT2D eigenvalue weighted by Crippen LogP contribution is 2.32. The molecule has 1 fully saturated rings. The molecule has 1 N–H and O–H groups in total. The largest absolute Gasteiger partial charge is 0.481 e. The molecule has 0 spiro atoms. The van der Waals surface area contributed by atoms with Crippen molar-refractivity contribution in [2.75, 3.05) is 13.2 Å². The van der Waals surface area contributed by atoms with Crippen LogP contribution in [0, 0.1) is 11.3 Å². The number of amides is 1. The number of hydrogen-bond acceptors (Lipinski definition) is 3. The summed E-state index contributed by atoms with van der Waals surface area (Å²) >= 11 is 0. The van der Waals surface area contributed by atoms with Gasteiger partial charge in [-0.15, -0.1) is 0 Å². The van der Waals surface area contributed by atoms with E-state index in [0.717, 1.165) is 0 Å². The van der Waals surface area contributed by atoms with Crippen LogP contribution in [-0.2, 0) is 9.53 Å². The van der Waals surface area contributed by atoms with Crippen LogP contribution in [0.4, 0.5) is 4.79 Å². The molecule has 1 aliphatic heterocycles. The summed E-state index contributed by atoms with van der Waals surface area (Å²) in [6, 6.07) is 0. The minimum absolute atomic E-state index is 0.0702. The number of carbonyl (C=O) groups excluding carboxylic acids is 1. The van der Waals surface area contributed by atoms with Crippen molar-refractivity contribution in [2.45, 2.75) is 53.0 Å². The molecule has 19 heavy (non-hydrogen) atoms. The quantitative estimate of drug-likeness (QED) is 0.838. The predicted molar refractivity (Wildman–Crippen MR) is 71.9 cm³/mol. The lowest BCUT2D eigenvalue weighted by atomic mass is 9.83. The number of piperidine rings is 1. The summed E-state index contributed by atoms with van der Waals surface area (Å²) in [7, 11) is 0. The van der Waals surface area contributed by atoms with Crippen LogP contribution in [0.3, 0.4) is 0 Å². The normalized spacial score (nSPS) is 23.0. The minimum Gasteiger partial charge on any atom is -0.481 e. The van der Waals surface area contributed by atoms with Gasteiger partial charge in [-0.2, -0.15) is 0 Å². The topological polar surface area (TPSA) is 66.8 Å². The fraction of sp³-hybridized carbons (Fsp3) is 0.857. The molecule has 0 aromatic heterocycles. The molecular weight excluding hydrogens is 246 g/mol. The van der Waals surface area contributed by atoms with E-state index < -0.39 is 11.5 Å². The van der Waals surface area contributed by atoms with Crippen LogP contribution in [0.2, 0.25) is 0 Å². The molecule has 0 saturated carbocycles. The van der Waals surface area contributed by atoms with Crippen molar-refractivity contribution in [1.82, 2.24) is 4.90 Å². The monoisotopic (exact) mass is 271 g/mol. The number of carboxylic acid groups (broad SMARTS) is 1. The third kappa shape index (κ3) is 4.40. The highest BCUT2D eigenvalue weighted by molar-refractivity contribution is 5.72.